The quantitative estimate of drug-likeness (QED) is 0.845. The fourth-order valence-electron chi connectivity index (χ4n) is 2.44. The Bertz CT molecular complexity index is 684. The van der Waals surface area contributed by atoms with Crippen molar-refractivity contribution in [2.75, 3.05) is 11.9 Å². The predicted octanol–water partition coefficient (Wildman–Crippen LogP) is 4.07. The molecule has 2 aromatic rings. The van der Waals surface area contributed by atoms with Gasteiger partial charge >= 0.3 is 0 Å². The van der Waals surface area contributed by atoms with Gasteiger partial charge in [-0.05, 0) is 54.8 Å². The summed E-state index contributed by atoms with van der Waals surface area (Å²) in [5.74, 6) is -0.708. The minimum absolute atomic E-state index is 0.204. The van der Waals surface area contributed by atoms with Crippen LogP contribution in [-0.2, 0) is 6.42 Å². The molecule has 0 saturated heterocycles. The van der Waals surface area contributed by atoms with E-state index >= 15 is 0 Å². The highest BCUT2D eigenvalue weighted by atomic mass is 35.5. The minimum atomic E-state index is -0.461. The molecule has 4 heteroatoms. The van der Waals surface area contributed by atoms with Crippen LogP contribution in [0.5, 0.6) is 0 Å². The SMILES string of the molecule is O=C(c1ccc2c(c1)CCCN2)c1cc(F)ccc1Cl. The number of hydrogen-bond acceptors (Lipinski definition) is 2. The third kappa shape index (κ3) is 2.41. The van der Waals surface area contributed by atoms with Gasteiger partial charge in [0, 0.05) is 23.4 Å². The van der Waals surface area contributed by atoms with Crippen LogP contribution in [-0.4, -0.2) is 12.3 Å². The number of hydrogen-bond donors (Lipinski definition) is 1. The lowest BCUT2D eigenvalue weighted by molar-refractivity contribution is 0.103. The molecule has 0 atom stereocenters. The van der Waals surface area contributed by atoms with Gasteiger partial charge in [0.05, 0.1) is 5.02 Å². The van der Waals surface area contributed by atoms with E-state index in [2.05, 4.69) is 5.32 Å². The zero-order chi connectivity index (χ0) is 14.1. The van der Waals surface area contributed by atoms with Gasteiger partial charge in [0.2, 0.25) is 0 Å². The number of carbonyl (C=O) groups excluding carboxylic acids is 1. The van der Waals surface area contributed by atoms with Crippen LogP contribution in [0.3, 0.4) is 0 Å². The number of anilines is 1. The molecule has 102 valence electrons. The zero-order valence-corrected chi connectivity index (χ0v) is 11.5. The minimum Gasteiger partial charge on any atom is -0.385 e. The average molecular weight is 290 g/mol. The number of rotatable bonds is 2. The maximum Gasteiger partial charge on any atom is 0.194 e. The van der Waals surface area contributed by atoms with Gasteiger partial charge in [-0.25, -0.2) is 4.39 Å². The van der Waals surface area contributed by atoms with Crippen molar-refractivity contribution in [3.8, 4) is 0 Å². The highest BCUT2D eigenvalue weighted by Crippen LogP contribution is 2.26. The third-order valence-corrected chi connectivity index (χ3v) is 3.81. The highest BCUT2D eigenvalue weighted by Gasteiger charge is 2.16. The standard InChI is InChI=1S/C16H13ClFNO/c17-14-5-4-12(18)9-13(14)16(20)11-3-6-15-10(8-11)2-1-7-19-15/h3-6,8-9,19H,1-2,7H2. The highest BCUT2D eigenvalue weighted by molar-refractivity contribution is 6.35. The number of carbonyl (C=O) groups is 1. The van der Waals surface area contributed by atoms with Crippen molar-refractivity contribution in [1.29, 1.82) is 0 Å². The van der Waals surface area contributed by atoms with E-state index in [1.165, 1.54) is 18.2 Å². The van der Waals surface area contributed by atoms with Gasteiger partial charge < -0.3 is 5.32 Å². The van der Waals surface area contributed by atoms with Gasteiger partial charge in [-0.1, -0.05) is 11.6 Å². The summed E-state index contributed by atoms with van der Waals surface area (Å²) >= 11 is 5.98. The lowest BCUT2D eigenvalue weighted by atomic mass is 9.96. The molecule has 2 nitrogen and oxygen atoms in total. The molecular weight excluding hydrogens is 277 g/mol. The van der Waals surface area contributed by atoms with Crippen LogP contribution in [0.4, 0.5) is 10.1 Å². The van der Waals surface area contributed by atoms with Crippen molar-refractivity contribution >= 4 is 23.1 Å². The monoisotopic (exact) mass is 289 g/mol. The molecule has 1 heterocycles. The van der Waals surface area contributed by atoms with Crippen LogP contribution in [0.2, 0.25) is 5.02 Å². The molecule has 1 N–H and O–H groups in total. The second-order valence-corrected chi connectivity index (χ2v) is 5.26. The number of nitrogens with one attached hydrogen (secondary N) is 1. The number of aryl methyl sites for hydroxylation is 1. The third-order valence-electron chi connectivity index (χ3n) is 3.48. The van der Waals surface area contributed by atoms with Crippen LogP contribution in [0.1, 0.15) is 27.9 Å². The summed E-state index contributed by atoms with van der Waals surface area (Å²) in [4.78, 5) is 12.4. The van der Waals surface area contributed by atoms with E-state index in [0.29, 0.717) is 5.56 Å². The molecule has 0 spiro atoms. The Hall–Kier alpha value is -1.87. The Labute approximate surface area is 121 Å². The molecule has 0 fully saturated rings. The molecule has 20 heavy (non-hydrogen) atoms. The molecular formula is C16H13ClFNO. The van der Waals surface area contributed by atoms with Gasteiger partial charge in [0.15, 0.2) is 5.78 Å². The summed E-state index contributed by atoms with van der Waals surface area (Å²) in [6.45, 7) is 0.954. The Balaban J connectivity index is 2.00. The lowest BCUT2D eigenvalue weighted by Gasteiger charge is -2.18. The van der Waals surface area contributed by atoms with E-state index in [1.54, 1.807) is 6.07 Å². The molecule has 0 aliphatic carbocycles. The van der Waals surface area contributed by atoms with Crippen molar-refractivity contribution in [2.24, 2.45) is 0 Å². The largest absolute Gasteiger partial charge is 0.385 e. The summed E-state index contributed by atoms with van der Waals surface area (Å²) < 4.78 is 13.3. The first-order valence-electron chi connectivity index (χ1n) is 6.52. The normalized spacial score (nSPS) is 13.5. The van der Waals surface area contributed by atoms with Gasteiger partial charge in [0.25, 0.3) is 0 Å². The second-order valence-electron chi connectivity index (χ2n) is 4.86. The molecule has 0 bridgehead atoms. The van der Waals surface area contributed by atoms with E-state index in [4.69, 9.17) is 11.6 Å². The van der Waals surface area contributed by atoms with Crippen LogP contribution in [0.15, 0.2) is 36.4 Å². The molecule has 2 aromatic carbocycles. The first kappa shape index (κ1) is 13.1. The number of benzene rings is 2. The maximum absolute atomic E-state index is 13.3. The van der Waals surface area contributed by atoms with E-state index in [-0.39, 0.29) is 16.4 Å². The van der Waals surface area contributed by atoms with Crippen molar-refractivity contribution < 1.29 is 9.18 Å². The van der Waals surface area contributed by atoms with Crippen LogP contribution < -0.4 is 5.32 Å². The predicted molar refractivity (Wildman–Crippen MR) is 78.1 cm³/mol. The molecule has 1 aliphatic heterocycles. The maximum atomic E-state index is 13.3. The van der Waals surface area contributed by atoms with Gasteiger partial charge in [-0.3, -0.25) is 4.79 Å². The summed E-state index contributed by atoms with van der Waals surface area (Å²) in [6, 6.07) is 9.35. The fraction of sp³-hybridized carbons (Fsp3) is 0.188. The van der Waals surface area contributed by atoms with Crippen molar-refractivity contribution in [3.05, 3.63) is 63.9 Å². The molecule has 1 aliphatic rings. The molecule has 0 unspecified atom stereocenters. The van der Waals surface area contributed by atoms with Crippen LogP contribution >= 0.6 is 11.6 Å². The summed E-state index contributed by atoms with van der Waals surface area (Å²) in [5.41, 5.74) is 2.93. The fourth-order valence-corrected chi connectivity index (χ4v) is 2.65. The topological polar surface area (TPSA) is 29.1 Å². The van der Waals surface area contributed by atoms with E-state index in [9.17, 15) is 9.18 Å². The molecule has 0 radical (unpaired) electrons. The van der Waals surface area contributed by atoms with Gasteiger partial charge in [-0.15, -0.1) is 0 Å². The van der Waals surface area contributed by atoms with Crippen LogP contribution in [0.25, 0.3) is 0 Å². The number of halogens is 2. The van der Waals surface area contributed by atoms with E-state index in [1.807, 2.05) is 12.1 Å². The van der Waals surface area contributed by atoms with Crippen molar-refractivity contribution in [1.82, 2.24) is 0 Å². The first-order chi connectivity index (χ1) is 9.65. The number of fused-ring (bicyclic) bond motifs is 1. The first-order valence-corrected chi connectivity index (χ1v) is 6.89. The van der Waals surface area contributed by atoms with E-state index < -0.39 is 5.82 Å². The molecule has 3 rings (SSSR count). The van der Waals surface area contributed by atoms with Gasteiger partial charge in [-0.2, -0.15) is 0 Å². The van der Waals surface area contributed by atoms with Gasteiger partial charge in [0.1, 0.15) is 5.82 Å². The Morgan fingerprint density at radius 1 is 1.20 bits per heavy atom. The Morgan fingerprint density at radius 2 is 2.05 bits per heavy atom. The smallest absolute Gasteiger partial charge is 0.194 e. The average Bonchev–Trinajstić information content (AvgIpc) is 2.48. The van der Waals surface area contributed by atoms with E-state index in [0.717, 1.165) is 30.6 Å². The Kier molecular flexibility index (Phi) is 3.45. The number of ketones is 1. The van der Waals surface area contributed by atoms with Crippen molar-refractivity contribution in [2.45, 2.75) is 12.8 Å². The molecule has 0 aromatic heterocycles. The molecule has 0 amide bonds. The second kappa shape index (κ2) is 5.25. The summed E-state index contributed by atoms with van der Waals surface area (Å²) in [7, 11) is 0. The van der Waals surface area contributed by atoms with Crippen molar-refractivity contribution in [3.63, 3.8) is 0 Å². The van der Waals surface area contributed by atoms with Crippen LogP contribution in [0, 0.1) is 5.82 Å². The lowest BCUT2D eigenvalue weighted by Crippen LogP contribution is -2.13. The zero-order valence-electron chi connectivity index (χ0n) is 10.7. The Morgan fingerprint density at radius 3 is 2.90 bits per heavy atom. The molecule has 0 saturated carbocycles. The summed E-state index contributed by atoms with van der Waals surface area (Å²) in [5, 5.41) is 3.56. The summed E-state index contributed by atoms with van der Waals surface area (Å²) in [6.07, 6.45) is 1.99.